The molecule has 0 saturated carbocycles. The van der Waals surface area contributed by atoms with E-state index in [-0.39, 0.29) is 12.5 Å². The fourth-order valence-electron chi connectivity index (χ4n) is 2.04. The summed E-state index contributed by atoms with van der Waals surface area (Å²) in [6.07, 6.45) is 2.69. The lowest BCUT2D eigenvalue weighted by molar-refractivity contribution is -0.164. The standard InChI is InChI=1S/C13H12ClNO3/c14-11-2-3-12-9(7-11)6-10(8-17-12)13(16)15-4-1-5-18-15/h2-3,6-7H,1,4-5,8H2. The summed E-state index contributed by atoms with van der Waals surface area (Å²) in [4.78, 5) is 17.4. The van der Waals surface area contributed by atoms with Crippen molar-refractivity contribution in [2.45, 2.75) is 6.42 Å². The summed E-state index contributed by atoms with van der Waals surface area (Å²) in [7, 11) is 0. The fraction of sp³-hybridized carbons (Fsp3) is 0.308. The number of ether oxygens (including phenoxy) is 1. The monoisotopic (exact) mass is 265 g/mol. The summed E-state index contributed by atoms with van der Waals surface area (Å²) in [6.45, 7) is 1.51. The molecule has 0 radical (unpaired) electrons. The van der Waals surface area contributed by atoms with Gasteiger partial charge in [-0.2, -0.15) is 0 Å². The number of nitrogens with zero attached hydrogens (tertiary/aromatic N) is 1. The van der Waals surface area contributed by atoms with Crippen molar-refractivity contribution >= 4 is 23.6 Å². The van der Waals surface area contributed by atoms with Crippen LogP contribution in [0.4, 0.5) is 0 Å². The van der Waals surface area contributed by atoms with Gasteiger partial charge in [0.15, 0.2) is 0 Å². The second-order valence-corrected chi connectivity index (χ2v) is 4.67. The third-order valence-electron chi connectivity index (χ3n) is 2.94. The zero-order valence-corrected chi connectivity index (χ0v) is 10.4. The van der Waals surface area contributed by atoms with Gasteiger partial charge in [-0.3, -0.25) is 9.63 Å². The van der Waals surface area contributed by atoms with Gasteiger partial charge in [0.25, 0.3) is 5.91 Å². The predicted octanol–water partition coefficient (Wildman–Crippen LogP) is 2.28. The van der Waals surface area contributed by atoms with Crippen LogP contribution in [0.3, 0.4) is 0 Å². The quantitative estimate of drug-likeness (QED) is 0.782. The highest BCUT2D eigenvalue weighted by atomic mass is 35.5. The Kier molecular flexibility index (Phi) is 2.97. The molecule has 2 aliphatic heterocycles. The predicted molar refractivity (Wildman–Crippen MR) is 67.2 cm³/mol. The number of amides is 1. The summed E-state index contributed by atoms with van der Waals surface area (Å²) in [6, 6.07) is 5.36. The Bertz CT molecular complexity index is 521. The van der Waals surface area contributed by atoms with E-state index in [1.807, 2.05) is 12.1 Å². The minimum Gasteiger partial charge on any atom is -0.488 e. The van der Waals surface area contributed by atoms with E-state index in [9.17, 15) is 4.79 Å². The molecule has 4 nitrogen and oxygen atoms in total. The molecule has 18 heavy (non-hydrogen) atoms. The normalized spacial score (nSPS) is 18.1. The molecule has 1 fully saturated rings. The Morgan fingerprint density at radius 1 is 1.39 bits per heavy atom. The summed E-state index contributed by atoms with van der Waals surface area (Å²) in [5, 5.41) is 2.02. The Labute approximate surface area is 110 Å². The zero-order chi connectivity index (χ0) is 12.5. The molecule has 1 aromatic rings. The summed E-state index contributed by atoms with van der Waals surface area (Å²) in [5.41, 5.74) is 1.42. The van der Waals surface area contributed by atoms with Gasteiger partial charge < -0.3 is 4.74 Å². The van der Waals surface area contributed by atoms with Crippen molar-refractivity contribution in [1.82, 2.24) is 5.06 Å². The molecule has 1 saturated heterocycles. The van der Waals surface area contributed by atoms with Crippen LogP contribution in [0, 0.1) is 0 Å². The maximum absolute atomic E-state index is 12.1. The van der Waals surface area contributed by atoms with Crippen LogP contribution in [-0.4, -0.2) is 30.7 Å². The minimum absolute atomic E-state index is 0.127. The van der Waals surface area contributed by atoms with Gasteiger partial charge in [-0.25, -0.2) is 5.06 Å². The van der Waals surface area contributed by atoms with E-state index in [1.54, 1.807) is 12.1 Å². The summed E-state index contributed by atoms with van der Waals surface area (Å²) < 4.78 is 5.54. The number of fused-ring (bicyclic) bond motifs is 1. The van der Waals surface area contributed by atoms with E-state index < -0.39 is 0 Å². The largest absolute Gasteiger partial charge is 0.488 e. The van der Waals surface area contributed by atoms with Gasteiger partial charge in [0.1, 0.15) is 12.4 Å². The molecule has 0 N–H and O–H groups in total. The molecule has 94 valence electrons. The molecule has 1 aromatic carbocycles. The number of carbonyl (C=O) groups is 1. The molecule has 1 amide bonds. The number of hydroxylamine groups is 2. The molecule has 0 atom stereocenters. The Morgan fingerprint density at radius 3 is 3.06 bits per heavy atom. The molecule has 0 spiro atoms. The molecule has 0 aliphatic carbocycles. The fourth-order valence-corrected chi connectivity index (χ4v) is 2.22. The van der Waals surface area contributed by atoms with Crippen molar-refractivity contribution in [2.24, 2.45) is 0 Å². The second-order valence-electron chi connectivity index (χ2n) is 4.23. The molecule has 2 aliphatic rings. The molecular formula is C13H12ClNO3. The highest BCUT2D eigenvalue weighted by molar-refractivity contribution is 6.30. The van der Waals surface area contributed by atoms with Crippen LogP contribution in [0.25, 0.3) is 6.08 Å². The lowest BCUT2D eigenvalue weighted by Gasteiger charge is -2.21. The first kappa shape index (κ1) is 11.6. The SMILES string of the molecule is O=C(C1=Cc2cc(Cl)ccc2OC1)N1CCCO1. The third kappa shape index (κ3) is 2.09. The first-order valence-corrected chi connectivity index (χ1v) is 6.19. The van der Waals surface area contributed by atoms with Crippen LogP contribution in [0.5, 0.6) is 5.75 Å². The zero-order valence-electron chi connectivity index (χ0n) is 9.69. The number of hydrogen-bond donors (Lipinski definition) is 0. The Morgan fingerprint density at radius 2 is 2.28 bits per heavy atom. The van der Waals surface area contributed by atoms with Crippen LogP contribution in [-0.2, 0) is 9.63 Å². The minimum atomic E-state index is -0.127. The molecule has 0 aromatic heterocycles. The number of halogens is 1. The highest BCUT2D eigenvalue weighted by Crippen LogP contribution is 2.29. The summed E-state index contributed by atoms with van der Waals surface area (Å²) >= 11 is 5.93. The maximum Gasteiger partial charge on any atom is 0.276 e. The smallest absolute Gasteiger partial charge is 0.276 e. The lowest BCUT2D eigenvalue weighted by atomic mass is 10.1. The Balaban J connectivity index is 1.88. The van der Waals surface area contributed by atoms with Gasteiger partial charge in [-0.15, -0.1) is 0 Å². The van der Waals surface area contributed by atoms with Gasteiger partial charge in [-0.1, -0.05) is 11.6 Å². The van der Waals surface area contributed by atoms with Crippen molar-refractivity contribution in [3.05, 3.63) is 34.4 Å². The van der Waals surface area contributed by atoms with Crippen molar-refractivity contribution < 1.29 is 14.4 Å². The highest BCUT2D eigenvalue weighted by Gasteiger charge is 2.25. The van der Waals surface area contributed by atoms with E-state index in [0.29, 0.717) is 23.7 Å². The number of hydrogen-bond acceptors (Lipinski definition) is 3. The average molecular weight is 266 g/mol. The first-order chi connectivity index (χ1) is 8.74. The molecule has 5 heteroatoms. The van der Waals surface area contributed by atoms with Crippen molar-refractivity contribution in [1.29, 1.82) is 0 Å². The Hall–Kier alpha value is -1.52. The van der Waals surface area contributed by atoms with Gasteiger partial charge in [0.05, 0.1) is 18.7 Å². The van der Waals surface area contributed by atoms with Crippen LogP contribution in [0.1, 0.15) is 12.0 Å². The van der Waals surface area contributed by atoms with E-state index in [2.05, 4.69) is 0 Å². The van der Waals surface area contributed by atoms with E-state index in [4.69, 9.17) is 21.2 Å². The van der Waals surface area contributed by atoms with Crippen molar-refractivity contribution in [3.63, 3.8) is 0 Å². The average Bonchev–Trinajstić information content (AvgIpc) is 2.90. The van der Waals surface area contributed by atoms with Gasteiger partial charge in [0.2, 0.25) is 0 Å². The first-order valence-electron chi connectivity index (χ1n) is 5.82. The van der Waals surface area contributed by atoms with E-state index in [0.717, 1.165) is 17.7 Å². The molecule has 0 unspecified atom stereocenters. The van der Waals surface area contributed by atoms with Crippen LogP contribution in [0.2, 0.25) is 5.02 Å². The number of carbonyl (C=O) groups excluding carboxylic acids is 1. The molecule has 0 bridgehead atoms. The molecule has 2 heterocycles. The maximum atomic E-state index is 12.1. The van der Waals surface area contributed by atoms with Gasteiger partial charge in [-0.05, 0) is 30.7 Å². The van der Waals surface area contributed by atoms with Crippen molar-refractivity contribution in [2.75, 3.05) is 19.8 Å². The van der Waals surface area contributed by atoms with E-state index in [1.165, 1.54) is 5.06 Å². The van der Waals surface area contributed by atoms with Crippen LogP contribution >= 0.6 is 11.6 Å². The van der Waals surface area contributed by atoms with E-state index >= 15 is 0 Å². The summed E-state index contributed by atoms with van der Waals surface area (Å²) in [5.74, 6) is 0.622. The van der Waals surface area contributed by atoms with Crippen LogP contribution in [0.15, 0.2) is 23.8 Å². The number of benzene rings is 1. The number of rotatable bonds is 1. The molecular weight excluding hydrogens is 254 g/mol. The topological polar surface area (TPSA) is 38.8 Å². The third-order valence-corrected chi connectivity index (χ3v) is 3.17. The van der Waals surface area contributed by atoms with Crippen LogP contribution < -0.4 is 4.74 Å². The van der Waals surface area contributed by atoms with Crippen molar-refractivity contribution in [3.8, 4) is 5.75 Å². The molecule has 3 rings (SSSR count). The lowest BCUT2D eigenvalue weighted by Crippen LogP contribution is -2.30. The second kappa shape index (κ2) is 4.63. The van der Waals surface area contributed by atoms with Gasteiger partial charge >= 0.3 is 0 Å². The van der Waals surface area contributed by atoms with Gasteiger partial charge in [0, 0.05) is 10.6 Å².